The van der Waals surface area contributed by atoms with Gasteiger partial charge in [-0.25, -0.2) is 4.99 Å². The Labute approximate surface area is 263 Å². The van der Waals surface area contributed by atoms with E-state index >= 15 is 0 Å². The van der Waals surface area contributed by atoms with Crippen molar-refractivity contribution >= 4 is 56.7 Å². The van der Waals surface area contributed by atoms with E-state index < -0.39 is 0 Å². The predicted molar refractivity (Wildman–Crippen MR) is 174 cm³/mol. The highest BCUT2D eigenvalue weighted by molar-refractivity contribution is 8.13. The summed E-state index contributed by atoms with van der Waals surface area (Å²) in [4.78, 5) is 21.2. The summed E-state index contributed by atoms with van der Waals surface area (Å²) in [5.41, 5.74) is 3.01. The number of hydrogen-bond acceptors (Lipinski definition) is 10. The number of thioether (sulfide) groups is 1. The van der Waals surface area contributed by atoms with Gasteiger partial charge in [0, 0.05) is 41.1 Å². The van der Waals surface area contributed by atoms with E-state index in [0.717, 1.165) is 10.9 Å². The molecule has 0 spiro atoms. The van der Waals surface area contributed by atoms with E-state index in [4.69, 9.17) is 30.3 Å². The number of rotatable bonds is 11. The lowest BCUT2D eigenvalue weighted by molar-refractivity contribution is 0.0993. The van der Waals surface area contributed by atoms with Crippen molar-refractivity contribution in [1.29, 1.82) is 0 Å². The summed E-state index contributed by atoms with van der Waals surface area (Å²) < 4.78 is 22.3. The van der Waals surface area contributed by atoms with E-state index in [-0.39, 0.29) is 5.78 Å². The summed E-state index contributed by atoms with van der Waals surface area (Å²) in [6.45, 7) is 2.09. The molecular formula is C32H30ClN5O5S. The Morgan fingerprint density at radius 3 is 2.45 bits per heavy atom. The molecule has 0 unspecified atom stereocenters. The number of methoxy groups -OCH3 is 2. The number of carbonyl (C=O) groups is 1. The average Bonchev–Trinajstić information content (AvgIpc) is 3.45. The van der Waals surface area contributed by atoms with Gasteiger partial charge < -0.3 is 29.4 Å². The Balaban J connectivity index is 1.34. The van der Waals surface area contributed by atoms with E-state index in [2.05, 4.69) is 25.8 Å². The maximum absolute atomic E-state index is 12.1. The second-order valence-electron chi connectivity index (χ2n) is 9.55. The molecule has 2 N–H and O–H groups in total. The van der Waals surface area contributed by atoms with E-state index in [9.17, 15) is 4.79 Å². The third-order valence-electron chi connectivity index (χ3n) is 6.44. The number of amidine groups is 1. The van der Waals surface area contributed by atoms with Crippen LogP contribution in [0.1, 0.15) is 21.7 Å². The Kier molecular flexibility index (Phi) is 10.0. The molecule has 0 radical (unpaired) electrons. The molecule has 10 nitrogen and oxygen atoms in total. The molecule has 0 aliphatic carbocycles. The van der Waals surface area contributed by atoms with Crippen LogP contribution in [-0.4, -0.2) is 48.9 Å². The first kappa shape index (κ1) is 30.9. The SMILES string of the molecule is CNCC(=O)c1ccc(CS/C(=N\c2cc(C)on2)Nc2ccc(Oc3ccnc4cc(OC)c(OC)cc34)cc2Cl)cc1. The van der Waals surface area contributed by atoms with Gasteiger partial charge in [0.1, 0.15) is 17.3 Å². The zero-order chi connectivity index (χ0) is 31.1. The number of ketones is 1. The molecule has 0 fully saturated rings. The molecule has 0 saturated heterocycles. The molecule has 3 aromatic carbocycles. The number of likely N-dealkylation sites (N-methyl/N-ethyl adjacent to an activating group) is 1. The first-order chi connectivity index (χ1) is 21.4. The molecule has 0 amide bonds. The number of nitrogens with one attached hydrogen (secondary N) is 2. The molecule has 5 rings (SSSR count). The van der Waals surface area contributed by atoms with Crippen LogP contribution in [0.25, 0.3) is 10.9 Å². The van der Waals surface area contributed by atoms with Gasteiger partial charge in [0.2, 0.25) is 0 Å². The molecule has 2 aromatic heterocycles. The number of Topliss-reactive ketones (excluding diaryl/α,β-unsaturated/α-hetero) is 1. The first-order valence-electron chi connectivity index (χ1n) is 13.5. The number of ether oxygens (including phenoxy) is 3. The van der Waals surface area contributed by atoms with Gasteiger partial charge in [-0.05, 0) is 43.8 Å². The van der Waals surface area contributed by atoms with Crippen LogP contribution < -0.4 is 24.8 Å². The smallest absolute Gasteiger partial charge is 0.197 e. The van der Waals surface area contributed by atoms with Crippen LogP contribution in [-0.2, 0) is 5.75 Å². The van der Waals surface area contributed by atoms with Crippen molar-refractivity contribution in [3.63, 3.8) is 0 Å². The quantitative estimate of drug-likeness (QED) is 0.0865. The third-order valence-corrected chi connectivity index (χ3v) is 7.69. The average molecular weight is 632 g/mol. The molecule has 0 saturated carbocycles. The van der Waals surface area contributed by atoms with Gasteiger partial charge in [0.15, 0.2) is 28.3 Å². The number of anilines is 1. The van der Waals surface area contributed by atoms with E-state index in [1.54, 1.807) is 58.7 Å². The fourth-order valence-corrected chi connectivity index (χ4v) is 5.30. The Hall–Kier alpha value is -4.58. The van der Waals surface area contributed by atoms with Gasteiger partial charge >= 0.3 is 0 Å². The lowest BCUT2D eigenvalue weighted by Gasteiger charge is -2.14. The van der Waals surface area contributed by atoms with Crippen LogP contribution in [0.5, 0.6) is 23.0 Å². The highest BCUT2D eigenvalue weighted by atomic mass is 35.5. The van der Waals surface area contributed by atoms with Crippen molar-refractivity contribution in [2.45, 2.75) is 12.7 Å². The van der Waals surface area contributed by atoms with Crippen molar-refractivity contribution in [1.82, 2.24) is 15.5 Å². The van der Waals surface area contributed by atoms with E-state index in [1.165, 1.54) is 11.8 Å². The highest BCUT2D eigenvalue weighted by Gasteiger charge is 2.14. The van der Waals surface area contributed by atoms with Gasteiger partial charge in [-0.3, -0.25) is 9.78 Å². The minimum Gasteiger partial charge on any atom is -0.493 e. The Morgan fingerprint density at radius 1 is 1.00 bits per heavy atom. The van der Waals surface area contributed by atoms with Crippen molar-refractivity contribution in [2.24, 2.45) is 4.99 Å². The minimum atomic E-state index is 0.0381. The van der Waals surface area contributed by atoms with Gasteiger partial charge in [0.25, 0.3) is 0 Å². The maximum Gasteiger partial charge on any atom is 0.197 e. The Bertz CT molecular complexity index is 1810. The van der Waals surface area contributed by atoms with E-state index in [0.29, 0.717) is 73.8 Å². The normalized spacial score (nSPS) is 11.4. The van der Waals surface area contributed by atoms with Gasteiger partial charge in [-0.1, -0.05) is 52.8 Å². The second-order valence-corrected chi connectivity index (χ2v) is 10.9. The number of benzene rings is 3. The first-order valence-corrected chi connectivity index (χ1v) is 14.9. The lowest BCUT2D eigenvalue weighted by atomic mass is 10.1. The van der Waals surface area contributed by atoms with Crippen LogP contribution in [0.15, 0.2) is 82.4 Å². The number of aryl methyl sites for hydroxylation is 1. The lowest BCUT2D eigenvalue weighted by Crippen LogP contribution is -2.18. The number of halogens is 1. The summed E-state index contributed by atoms with van der Waals surface area (Å²) in [7, 11) is 4.91. The maximum atomic E-state index is 12.1. The van der Waals surface area contributed by atoms with Crippen LogP contribution in [0.2, 0.25) is 5.02 Å². The van der Waals surface area contributed by atoms with Crippen LogP contribution in [0.4, 0.5) is 11.5 Å². The third kappa shape index (κ3) is 7.49. The molecule has 226 valence electrons. The molecule has 0 bridgehead atoms. The Morgan fingerprint density at radius 2 is 1.77 bits per heavy atom. The topological polar surface area (TPSA) is 120 Å². The van der Waals surface area contributed by atoms with Crippen molar-refractivity contribution in [2.75, 3.05) is 33.1 Å². The van der Waals surface area contributed by atoms with Crippen molar-refractivity contribution < 1.29 is 23.5 Å². The number of carbonyl (C=O) groups excluding carboxylic acids is 1. The molecule has 44 heavy (non-hydrogen) atoms. The van der Waals surface area contributed by atoms with Gasteiger partial charge in [0.05, 0.1) is 37.0 Å². The molecule has 0 aliphatic rings. The summed E-state index contributed by atoms with van der Waals surface area (Å²) in [6.07, 6.45) is 1.67. The summed E-state index contributed by atoms with van der Waals surface area (Å²) in [6, 6.07) is 20.0. The van der Waals surface area contributed by atoms with Crippen LogP contribution in [0.3, 0.4) is 0 Å². The molecular weight excluding hydrogens is 602 g/mol. The number of aliphatic imine (C=N–C) groups is 1. The fourth-order valence-electron chi connectivity index (χ4n) is 4.25. The monoisotopic (exact) mass is 631 g/mol. The van der Waals surface area contributed by atoms with Gasteiger partial charge in [-0.2, -0.15) is 0 Å². The molecule has 0 atom stereocenters. The molecule has 0 aliphatic heterocycles. The number of nitrogens with zero attached hydrogens (tertiary/aromatic N) is 3. The zero-order valence-corrected chi connectivity index (χ0v) is 26.1. The second kappa shape index (κ2) is 14.3. The van der Waals surface area contributed by atoms with Crippen LogP contribution >= 0.6 is 23.4 Å². The van der Waals surface area contributed by atoms with Crippen LogP contribution in [0, 0.1) is 6.92 Å². The predicted octanol–water partition coefficient (Wildman–Crippen LogP) is 7.43. The summed E-state index contributed by atoms with van der Waals surface area (Å²) in [5.74, 6) is 3.98. The van der Waals surface area contributed by atoms with Crippen molar-refractivity contribution in [3.05, 3.63) is 94.8 Å². The van der Waals surface area contributed by atoms with Crippen molar-refractivity contribution in [3.8, 4) is 23.0 Å². The summed E-state index contributed by atoms with van der Waals surface area (Å²) >= 11 is 8.18. The number of hydrogen-bond donors (Lipinski definition) is 2. The minimum absolute atomic E-state index is 0.0381. The largest absolute Gasteiger partial charge is 0.493 e. The number of pyridine rings is 1. The standard InChI is InChI=1S/C32H30ClN5O5S/c1-19-13-31(38-43-19)37-32(44-18-20-5-7-21(8-6-20)27(39)17-34-2)36-25-10-9-22(14-24(25)33)42-28-11-12-35-26-16-30(41-4)29(40-3)15-23(26)28/h5-16,34H,17-18H2,1-4H3,(H,36,37,38). The fraction of sp³-hybridized carbons (Fsp3) is 0.188. The molecule has 12 heteroatoms. The molecule has 5 aromatic rings. The summed E-state index contributed by atoms with van der Waals surface area (Å²) in [5, 5.41) is 11.9. The number of fused-ring (bicyclic) bond motifs is 1. The van der Waals surface area contributed by atoms with E-state index in [1.807, 2.05) is 42.5 Å². The van der Waals surface area contributed by atoms with Gasteiger partial charge in [-0.15, -0.1) is 0 Å². The molecule has 2 heterocycles. The zero-order valence-electron chi connectivity index (χ0n) is 24.5. The highest BCUT2D eigenvalue weighted by Crippen LogP contribution is 2.38. The number of aromatic nitrogens is 2.